The van der Waals surface area contributed by atoms with Crippen LogP contribution in [0.3, 0.4) is 0 Å². The highest BCUT2D eigenvalue weighted by atomic mass is 16.5. The maximum Gasteiger partial charge on any atom is 0.357 e. The van der Waals surface area contributed by atoms with Crippen molar-refractivity contribution >= 4 is 5.97 Å². The maximum atomic E-state index is 12.0. The Bertz CT molecular complexity index is 707. The van der Waals surface area contributed by atoms with Crippen LogP contribution in [0.25, 0.3) is 0 Å². The van der Waals surface area contributed by atoms with Crippen LogP contribution in [0.1, 0.15) is 93.0 Å². The number of rotatable bonds is 16. The molecule has 5 heteroatoms. The fraction of sp³-hybridized carbons (Fsp3) is 0.560. The molecule has 164 valence electrons. The molecule has 0 aromatic carbocycles. The molecule has 2 aromatic rings. The van der Waals surface area contributed by atoms with Gasteiger partial charge in [-0.05, 0) is 37.2 Å². The van der Waals surface area contributed by atoms with Gasteiger partial charge in [0.15, 0.2) is 0 Å². The second kappa shape index (κ2) is 15.6. The van der Waals surface area contributed by atoms with Crippen LogP contribution < -0.4 is 5.32 Å². The van der Waals surface area contributed by atoms with E-state index in [2.05, 4.69) is 22.2 Å². The molecule has 0 saturated heterocycles. The van der Waals surface area contributed by atoms with Gasteiger partial charge >= 0.3 is 5.97 Å². The summed E-state index contributed by atoms with van der Waals surface area (Å²) in [6, 6.07) is 11.0. The second-order valence-corrected chi connectivity index (χ2v) is 7.77. The van der Waals surface area contributed by atoms with Gasteiger partial charge in [-0.3, -0.25) is 4.98 Å². The number of aromatic nitrogens is 2. The molecule has 2 heterocycles. The van der Waals surface area contributed by atoms with Gasteiger partial charge in [0.05, 0.1) is 11.4 Å². The quantitative estimate of drug-likeness (QED) is 0.277. The first kappa shape index (κ1) is 24.0. The molecule has 0 unspecified atom stereocenters. The number of nitrogens with zero attached hydrogens (tertiary/aromatic N) is 2. The smallest absolute Gasteiger partial charge is 0.357 e. The monoisotopic (exact) mass is 411 g/mol. The van der Waals surface area contributed by atoms with Gasteiger partial charge in [-0.15, -0.1) is 0 Å². The Morgan fingerprint density at radius 1 is 0.867 bits per heavy atom. The molecule has 0 aliphatic carbocycles. The summed E-state index contributed by atoms with van der Waals surface area (Å²) in [6.07, 6.45) is 15.1. The zero-order valence-electron chi connectivity index (χ0n) is 18.4. The Labute approximate surface area is 181 Å². The molecule has 0 fully saturated rings. The number of hydrogen-bond donors (Lipinski definition) is 1. The van der Waals surface area contributed by atoms with E-state index >= 15 is 0 Å². The summed E-state index contributed by atoms with van der Waals surface area (Å²) in [4.78, 5) is 20.5. The van der Waals surface area contributed by atoms with Gasteiger partial charge in [-0.2, -0.15) is 0 Å². The number of nitrogens with one attached hydrogen (secondary N) is 1. The van der Waals surface area contributed by atoms with Gasteiger partial charge in [0, 0.05) is 12.7 Å². The second-order valence-electron chi connectivity index (χ2n) is 7.77. The summed E-state index contributed by atoms with van der Waals surface area (Å²) in [6.45, 7) is 4.17. The van der Waals surface area contributed by atoms with E-state index in [-0.39, 0.29) is 6.61 Å². The Kier molecular flexibility index (Phi) is 12.4. The third-order valence-electron chi connectivity index (χ3n) is 5.10. The highest BCUT2D eigenvalue weighted by Crippen LogP contribution is 2.10. The van der Waals surface area contributed by atoms with E-state index in [1.807, 2.05) is 18.2 Å². The summed E-state index contributed by atoms with van der Waals surface area (Å²) in [5, 5.41) is 3.46. The highest BCUT2D eigenvalue weighted by Gasteiger charge is 2.08. The first-order valence-electron chi connectivity index (χ1n) is 11.5. The molecular formula is C25H37N3O2. The number of hydrogen-bond acceptors (Lipinski definition) is 5. The van der Waals surface area contributed by atoms with Gasteiger partial charge in [-0.25, -0.2) is 9.78 Å². The van der Waals surface area contributed by atoms with Crippen LogP contribution in [0.5, 0.6) is 0 Å². The van der Waals surface area contributed by atoms with Crippen molar-refractivity contribution in [1.82, 2.24) is 15.3 Å². The lowest BCUT2D eigenvalue weighted by molar-refractivity contribution is 0.0460. The lowest BCUT2D eigenvalue weighted by Gasteiger charge is -2.07. The Morgan fingerprint density at radius 2 is 1.57 bits per heavy atom. The van der Waals surface area contributed by atoms with Gasteiger partial charge in [0.25, 0.3) is 0 Å². The first-order chi connectivity index (χ1) is 14.8. The Balaban J connectivity index is 1.53. The van der Waals surface area contributed by atoms with Crippen molar-refractivity contribution in [1.29, 1.82) is 0 Å². The standard InChI is InChI=1S/C25H37N3O2/c1-2-3-4-5-6-7-8-9-10-12-18-26-20-22-15-14-16-23(28-22)21-30-25(29)24-17-11-13-19-27-24/h11,13-17,19,26H,2-10,12,18,20-21H2,1H3. The molecule has 30 heavy (non-hydrogen) atoms. The lowest BCUT2D eigenvalue weighted by atomic mass is 10.1. The molecular weight excluding hydrogens is 374 g/mol. The van der Waals surface area contributed by atoms with Crippen molar-refractivity contribution in [3.63, 3.8) is 0 Å². The minimum Gasteiger partial charge on any atom is -0.454 e. The Morgan fingerprint density at radius 3 is 2.27 bits per heavy atom. The van der Waals surface area contributed by atoms with Crippen molar-refractivity contribution in [3.8, 4) is 0 Å². The summed E-state index contributed by atoms with van der Waals surface area (Å²) >= 11 is 0. The van der Waals surface area contributed by atoms with E-state index in [9.17, 15) is 4.79 Å². The van der Waals surface area contributed by atoms with E-state index in [1.165, 1.54) is 64.2 Å². The SMILES string of the molecule is CCCCCCCCCCCCNCc1cccc(COC(=O)c2ccccn2)n1. The largest absolute Gasteiger partial charge is 0.454 e. The van der Waals surface area contributed by atoms with Gasteiger partial charge in [0.2, 0.25) is 0 Å². The van der Waals surface area contributed by atoms with Crippen LogP contribution in [0.4, 0.5) is 0 Å². The molecule has 0 amide bonds. The molecule has 0 bridgehead atoms. The zero-order valence-corrected chi connectivity index (χ0v) is 18.4. The fourth-order valence-electron chi connectivity index (χ4n) is 3.36. The Hall–Kier alpha value is -2.27. The van der Waals surface area contributed by atoms with Crippen LogP contribution in [-0.4, -0.2) is 22.5 Å². The van der Waals surface area contributed by atoms with Crippen LogP contribution in [-0.2, 0) is 17.9 Å². The normalized spacial score (nSPS) is 10.8. The predicted molar refractivity (Wildman–Crippen MR) is 121 cm³/mol. The number of ether oxygens (including phenoxy) is 1. The van der Waals surface area contributed by atoms with E-state index in [4.69, 9.17) is 4.74 Å². The van der Waals surface area contributed by atoms with Gasteiger partial charge in [-0.1, -0.05) is 76.8 Å². The van der Waals surface area contributed by atoms with E-state index in [1.54, 1.807) is 24.4 Å². The average molecular weight is 412 g/mol. The third-order valence-corrected chi connectivity index (χ3v) is 5.10. The minimum absolute atomic E-state index is 0.154. The maximum absolute atomic E-state index is 12.0. The van der Waals surface area contributed by atoms with Gasteiger partial charge < -0.3 is 10.1 Å². The summed E-state index contributed by atoms with van der Waals surface area (Å²) in [5.41, 5.74) is 2.03. The lowest BCUT2D eigenvalue weighted by Crippen LogP contribution is -2.16. The van der Waals surface area contributed by atoms with Crippen molar-refractivity contribution in [2.45, 2.75) is 84.3 Å². The van der Waals surface area contributed by atoms with Crippen LogP contribution in [0, 0.1) is 0 Å². The molecule has 5 nitrogen and oxygen atoms in total. The van der Waals surface area contributed by atoms with Crippen LogP contribution >= 0.6 is 0 Å². The van der Waals surface area contributed by atoms with Crippen molar-refractivity contribution in [3.05, 3.63) is 59.7 Å². The number of pyridine rings is 2. The average Bonchev–Trinajstić information content (AvgIpc) is 2.79. The molecule has 2 aromatic heterocycles. The number of carbonyl (C=O) groups is 1. The number of esters is 1. The predicted octanol–water partition coefficient (Wildman–Crippen LogP) is 5.84. The molecule has 2 rings (SSSR count). The third kappa shape index (κ3) is 10.5. The molecule has 0 spiro atoms. The summed E-state index contributed by atoms with van der Waals surface area (Å²) < 4.78 is 5.30. The van der Waals surface area contributed by atoms with E-state index in [0.717, 1.165) is 24.5 Å². The van der Waals surface area contributed by atoms with E-state index in [0.29, 0.717) is 5.69 Å². The fourth-order valence-corrected chi connectivity index (χ4v) is 3.36. The highest BCUT2D eigenvalue weighted by molar-refractivity contribution is 5.87. The molecule has 1 N–H and O–H groups in total. The molecule has 0 radical (unpaired) electrons. The molecule has 0 aliphatic rings. The summed E-state index contributed by atoms with van der Waals surface area (Å²) in [5.74, 6) is -0.429. The first-order valence-corrected chi connectivity index (χ1v) is 11.5. The zero-order chi connectivity index (χ0) is 21.3. The molecule has 0 atom stereocenters. The van der Waals surface area contributed by atoms with Crippen molar-refractivity contribution in [2.24, 2.45) is 0 Å². The van der Waals surface area contributed by atoms with Gasteiger partial charge in [0.1, 0.15) is 12.3 Å². The number of carbonyl (C=O) groups excluding carboxylic acids is 1. The molecule has 0 aliphatic heterocycles. The minimum atomic E-state index is -0.429. The number of unbranched alkanes of at least 4 members (excludes halogenated alkanes) is 9. The van der Waals surface area contributed by atoms with Crippen molar-refractivity contribution in [2.75, 3.05) is 6.54 Å². The van der Waals surface area contributed by atoms with Crippen LogP contribution in [0.15, 0.2) is 42.6 Å². The topological polar surface area (TPSA) is 64.1 Å². The van der Waals surface area contributed by atoms with Crippen molar-refractivity contribution < 1.29 is 9.53 Å². The van der Waals surface area contributed by atoms with Crippen LogP contribution in [0.2, 0.25) is 0 Å². The van der Waals surface area contributed by atoms with E-state index < -0.39 is 5.97 Å². The summed E-state index contributed by atoms with van der Waals surface area (Å²) in [7, 11) is 0. The molecule has 0 saturated carbocycles.